The van der Waals surface area contributed by atoms with E-state index >= 15 is 0 Å². The van der Waals surface area contributed by atoms with Crippen LogP contribution >= 0.6 is 0 Å². The van der Waals surface area contributed by atoms with Crippen LogP contribution in [0.15, 0.2) is 0 Å². The summed E-state index contributed by atoms with van der Waals surface area (Å²) >= 11 is 0. The third kappa shape index (κ3) is 12.2. The summed E-state index contributed by atoms with van der Waals surface area (Å²) in [5.74, 6) is -1.17. The molecule has 3 atom stereocenters. The molecule has 0 aliphatic heterocycles. The van der Waals surface area contributed by atoms with E-state index < -0.39 is 24.0 Å². The van der Waals surface area contributed by atoms with Gasteiger partial charge in [-0.2, -0.15) is 0 Å². The van der Waals surface area contributed by atoms with Gasteiger partial charge in [-0.3, -0.25) is 25.2 Å². The molecule has 0 bridgehead atoms. The van der Waals surface area contributed by atoms with Gasteiger partial charge in [0.2, 0.25) is 17.7 Å². The van der Waals surface area contributed by atoms with Crippen molar-refractivity contribution in [2.45, 2.75) is 76.4 Å². The van der Waals surface area contributed by atoms with E-state index in [1.807, 2.05) is 0 Å². The zero-order chi connectivity index (χ0) is 25.5. The first kappa shape index (κ1) is 28.9. The number of nitrogens with two attached hydrogens (primary N) is 2. The molecule has 1 aliphatic carbocycles. The highest BCUT2D eigenvalue weighted by Crippen LogP contribution is 2.30. The highest BCUT2D eigenvalue weighted by atomic mass is 16.3. The van der Waals surface area contributed by atoms with Crippen LogP contribution in [0.5, 0.6) is 0 Å². The number of aliphatic hydroxyl groups excluding tert-OH is 1. The van der Waals surface area contributed by atoms with Gasteiger partial charge in [-0.25, -0.2) is 0 Å². The van der Waals surface area contributed by atoms with Crippen molar-refractivity contribution in [2.24, 2.45) is 17.4 Å². The van der Waals surface area contributed by atoms with Crippen molar-refractivity contribution in [3.05, 3.63) is 0 Å². The number of nitrogens with one attached hydrogen (secondary N) is 7. The predicted molar refractivity (Wildman–Crippen MR) is 129 cm³/mol. The second-order valence-electron chi connectivity index (χ2n) is 8.70. The van der Waals surface area contributed by atoms with Crippen molar-refractivity contribution in [1.29, 1.82) is 10.8 Å². The Kier molecular flexibility index (Phi) is 13.4. The lowest BCUT2D eigenvalue weighted by Crippen LogP contribution is -2.55. The lowest BCUT2D eigenvalue weighted by molar-refractivity contribution is -0.132. The topological polar surface area (TPSA) is 231 Å². The van der Waals surface area contributed by atoms with Gasteiger partial charge in [0.25, 0.3) is 0 Å². The van der Waals surface area contributed by atoms with Crippen LogP contribution in [0.3, 0.4) is 0 Å². The third-order valence-corrected chi connectivity index (χ3v) is 5.72. The predicted octanol–water partition coefficient (Wildman–Crippen LogP) is -1.83. The summed E-state index contributed by atoms with van der Waals surface area (Å²) in [7, 11) is 0. The maximum atomic E-state index is 13.0. The quantitative estimate of drug-likeness (QED) is 0.0679. The Labute approximate surface area is 200 Å². The molecule has 1 saturated carbocycles. The third-order valence-electron chi connectivity index (χ3n) is 5.72. The summed E-state index contributed by atoms with van der Waals surface area (Å²) in [6.07, 6.45) is 5.42. The number of guanidine groups is 2. The molecule has 1 aliphatic rings. The summed E-state index contributed by atoms with van der Waals surface area (Å²) in [6, 6.07) is -2.10. The van der Waals surface area contributed by atoms with Crippen LogP contribution in [0.1, 0.15) is 58.3 Å². The molecule has 194 valence electrons. The summed E-state index contributed by atoms with van der Waals surface area (Å²) in [5, 5.41) is 37.6. The van der Waals surface area contributed by atoms with E-state index in [1.54, 1.807) is 0 Å². The van der Waals surface area contributed by atoms with Crippen LogP contribution in [0.25, 0.3) is 0 Å². The summed E-state index contributed by atoms with van der Waals surface area (Å²) in [5.41, 5.74) is 10.5. The Morgan fingerprint density at radius 1 is 0.912 bits per heavy atom. The van der Waals surface area contributed by atoms with Gasteiger partial charge in [0, 0.05) is 20.0 Å². The SMILES string of the molecule is CC(=O)N[C@H](CCCNC(=N)N)C(=O)N[C@@H](CC1CCC1)C(=O)N[C@H](CO)CCCNC(=N)N. The zero-order valence-electron chi connectivity index (χ0n) is 19.9. The zero-order valence-corrected chi connectivity index (χ0v) is 19.9. The molecular formula is C21H41N9O4. The average Bonchev–Trinajstić information content (AvgIpc) is 2.72. The summed E-state index contributed by atoms with van der Waals surface area (Å²) in [4.78, 5) is 37.6. The standard InChI is InChI=1S/C21H41N9O4/c1-13(32)28-16(8-4-10-27-21(24)25)18(33)30-17(11-14-5-2-6-14)19(34)29-15(12-31)7-3-9-26-20(22)23/h14-17,31H,2-12H2,1H3,(H,28,32)(H,29,34)(H,30,33)(H4,22,23,26)(H4,24,25,27)/t15-,16+,17-/m0/s1. The fourth-order valence-electron chi connectivity index (χ4n) is 3.69. The van der Waals surface area contributed by atoms with E-state index in [2.05, 4.69) is 26.6 Å². The van der Waals surface area contributed by atoms with Crippen LogP contribution in [0.2, 0.25) is 0 Å². The fourth-order valence-corrected chi connectivity index (χ4v) is 3.69. The molecule has 3 amide bonds. The van der Waals surface area contributed by atoms with Crippen molar-refractivity contribution in [2.75, 3.05) is 19.7 Å². The molecule has 13 nitrogen and oxygen atoms in total. The molecular weight excluding hydrogens is 442 g/mol. The molecule has 0 aromatic heterocycles. The van der Waals surface area contributed by atoms with Gasteiger partial charge in [0.05, 0.1) is 12.6 Å². The van der Waals surface area contributed by atoms with Gasteiger partial charge in [0.1, 0.15) is 12.1 Å². The first-order valence-corrected chi connectivity index (χ1v) is 11.8. The van der Waals surface area contributed by atoms with Crippen molar-refractivity contribution in [3.63, 3.8) is 0 Å². The van der Waals surface area contributed by atoms with Crippen molar-refractivity contribution >= 4 is 29.6 Å². The molecule has 0 saturated heterocycles. The lowest BCUT2D eigenvalue weighted by atomic mass is 9.80. The largest absolute Gasteiger partial charge is 0.394 e. The van der Waals surface area contributed by atoms with E-state index in [4.69, 9.17) is 22.3 Å². The number of aliphatic hydroxyl groups is 1. The molecule has 1 fully saturated rings. The molecule has 0 unspecified atom stereocenters. The number of rotatable bonds is 16. The van der Waals surface area contributed by atoms with Gasteiger partial charge >= 0.3 is 0 Å². The second kappa shape index (κ2) is 15.7. The minimum Gasteiger partial charge on any atom is -0.394 e. The van der Waals surface area contributed by atoms with Crippen molar-refractivity contribution in [3.8, 4) is 0 Å². The van der Waals surface area contributed by atoms with Gasteiger partial charge in [-0.1, -0.05) is 19.3 Å². The Bertz CT molecular complexity index is 700. The second-order valence-corrected chi connectivity index (χ2v) is 8.70. The monoisotopic (exact) mass is 483 g/mol. The average molecular weight is 484 g/mol. The van der Waals surface area contributed by atoms with E-state index in [0.717, 1.165) is 19.3 Å². The van der Waals surface area contributed by atoms with Crippen molar-refractivity contribution < 1.29 is 19.5 Å². The maximum absolute atomic E-state index is 13.0. The molecule has 0 aromatic rings. The Morgan fingerprint density at radius 3 is 1.94 bits per heavy atom. The molecule has 0 radical (unpaired) electrons. The van der Waals surface area contributed by atoms with Crippen LogP contribution in [-0.4, -0.2) is 72.6 Å². The van der Waals surface area contributed by atoms with E-state index in [-0.39, 0.29) is 30.3 Å². The van der Waals surface area contributed by atoms with Gasteiger partial charge < -0.3 is 43.2 Å². The molecule has 34 heavy (non-hydrogen) atoms. The van der Waals surface area contributed by atoms with Crippen LogP contribution in [-0.2, 0) is 14.4 Å². The first-order valence-electron chi connectivity index (χ1n) is 11.8. The molecule has 0 aromatic carbocycles. The van der Waals surface area contributed by atoms with Gasteiger partial charge in [0.15, 0.2) is 11.9 Å². The molecule has 12 N–H and O–H groups in total. The first-order chi connectivity index (χ1) is 16.1. The van der Waals surface area contributed by atoms with E-state index in [9.17, 15) is 19.5 Å². The van der Waals surface area contributed by atoms with Gasteiger partial charge in [-0.05, 0) is 38.0 Å². The van der Waals surface area contributed by atoms with Crippen molar-refractivity contribution in [1.82, 2.24) is 26.6 Å². The minimum absolute atomic E-state index is 0.140. The number of hydrogen-bond donors (Lipinski definition) is 10. The highest BCUT2D eigenvalue weighted by Gasteiger charge is 2.31. The highest BCUT2D eigenvalue weighted by molar-refractivity contribution is 5.91. The number of carbonyl (C=O) groups is 3. The maximum Gasteiger partial charge on any atom is 0.243 e. The van der Waals surface area contributed by atoms with Crippen LogP contribution in [0.4, 0.5) is 0 Å². The smallest absolute Gasteiger partial charge is 0.243 e. The Balaban J connectivity index is 2.73. The molecule has 1 rings (SSSR count). The molecule has 0 heterocycles. The summed E-state index contributed by atoms with van der Waals surface area (Å²) < 4.78 is 0. The molecule has 13 heteroatoms. The number of hydrogen-bond acceptors (Lipinski definition) is 6. The molecule has 0 spiro atoms. The van der Waals surface area contributed by atoms with E-state index in [1.165, 1.54) is 6.92 Å². The van der Waals surface area contributed by atoms with Crippen LogP contribution in [0, 0.1) is 16.7 Å². The fraction of sp³-hybridized carbons (Fsp3) is 0.762. The number of amides is 3. The van der Waals surface area contributed by atoms with E-state index in [0.29, 0.717) is 51.1 Å². The van der Waals surface area contributed by atoms with Crippen LogP contribution < -0.4 is 38.1 Å². The number of carbonyl (C=O) groups excluding carboxylic acids is 3. The Hall–Kier alpha value is -3.09. The minimum atomic E-state index is -0.825. The Morgan fingerprint density at radius 2 is 1.47 bits per heavy atom. The lowest BCUT2D eigenvalue weighted by Gasteiger charge is -2.31. The van der Waals surface area contributed by atoms with Gasteiger partial charge in [-0.15, -0.1) is 0 Å². The normalized spacial score (nSPS) is 15.7. The summed E-state index contributed by atoms with van der Waals surface area (Å²) in [6.45, 7) is 1.88.